The molecule has 1 aliphatic heterocycles. The minimum atomic E-state index is -0.106. The van der Waals surface area contributed by atoms with Crippen LogP contribution in [0.3, 0.4) is 0 Å². The van der Waals surface area contributed by atoms with Crippen LogP contribution in [-0.4, -0.2) is 33.8 Å². The Kier molecular flexibility index (Phi) is 4.01. The third-order valence-electron chi connectivity index (χ3n) is 3.50. The Morgan fingerprint density at radius 1 is 1.57 bits per heavy atom. The fraction of sp³-hybridized carbons (Fsp3) is 0.500. The maximum Gasteiger partial charge on any atom is 0.267 e. The van der Waals surface area contributed by atoms with Crippen molar-refractivity contribution >= 4 is 5.91 Å². The minimum Gasteiger partial charge on any atom is -0.368 e. The summed E-state index contributed by atoms with van der Waals surface area (Å²) in [6, 6.07) is 3.61. The Hall–Kier alpha value is -2.15. The molecule has 2 aromatic rings. The van der Waals surface area contributed by atoms with Gasteiger partial charge in [-0.15, -0.1) is 0 Å². The highest BCUT2D eigenvalue weighted by molar-refractivity contribution is 5.92. The topological polar surface area (TPSA) is 82.2 Å². The van der Waals surface area contributed by atoms with Gasteiger partial charge in [0, 0.05) is 32.8 Å². The quantitative estimate of drug-likeness (QED) is 0.895. The van der Waals surface area contributed by atoms with Crippen LogP contribution in [0.15, 0.2) is 22.9 Å². The molecule has 0 spiro atoms. The van der Waals surface area contributed by atoms with E-state index in [1.165, 1.54) is 0 Å². The largest absolute Gasteiger partial charge is 0.368 e. The number of aromatic nitrogens is 3. The lowest BCUT2D eigenvalue weighted by atomic mass is 10.2. The van der Waals surface area contributed by atoms with Crippen LogP contribution in [0, 0.1) is 0 Å². The van der Waals surface area contributed by atoms with Crippen molar-refractivity contribution in [1.82, 2.24) is 20.0 Å². The van der Waals surface area contributed by atoms with E-state index in [1.54, 1.807) is 10.6 Å². The zero-order valence-corrected chi connectivity index (χ0v) is 11.9. The third-order valence-corrected chi connectivity index (χ3v) is 3.50. The number of carbonyl (C=O) groups is 1. The van der Waals surface area contributed by atoms with Gasteiger partial charge in [0.2, 0.25) is 0 Å². The number of nitrogens with zero attached hydrogens (tertiary/aromatic N) is 3. The molecule has 1 fully saturated rings. The van der Waals surface area contributed by atoms with Gasteiger partial charge in [0.15, 0.2) is 5.82 Å². The second-order valence-electron chi connectivity index (χ2n) is 5.06. The van der Waals surface area contributed by atoms with E-state index >= 15 is 0 Å². The van der Waals surface area contributed by atoms with Crippen molar-refractivity contribution in [3.63, 3.8) is 0 Å². The fourth-order valence-electron chi connectivity index (χ4n) is 2.35. The first-order valence-electron chi connectivity index (χ1n) is 7.07. The Morgan fingerprint density at radius 2 is 2.48 bits per heavy atom. The zero-order chi connectivity index (χ0) is 14.7. The van der Waals surface area contributed by atoms with E-state index in [0.29, 0.717) is 30.4 Å². The smallest absolute Gasteiger partial charge is 0.267 e. The molecule has 21 heavy (non-hydrogen) atoms. The van der Waals surface area contributed by atoms with Gasteiger partial charge in [-0.05, 0) is 25.0 Å². The second kappa shape index (κ2) is 6.09. The molecule has 1 atom stereocenters. The number of rotatable bonds is 5. The van der Waals surface area contributed by atoms with E-state index in [0.717, 1.165) is 19.4 Å². The molecule has 3 rings (SSSR count). The van der Waals surface area contributed by atoms with Crippen molar-refractivity contribution in [3.8, 4) is 0 Å². The average molecular weight is 290 g/mol. The SMILES string of the molecule is Cn1cccc1C(=O)NCCc1noc([C@H]2CCCO2)n1. The van der Waals surface area contributed by atoms with Crippen LogP contribution in [0.1, 0.15) is 41.1 Å². The van der Waals surface area contributed by atoms with Crippen LogP contribution >= 0.6 is 0 Å². The van der Waals surface area contributed by atoms with E-state index < -0.39 is 0 Å². The standard InChI is InChI=1S/C14H18N4O3/c1-18-8-2-4-10(18)13(19)15-7-6-12-16-14(21-17-12)11-5-3-9-20-11/h2,4,8,11H,3,5-7,9H2,1H3,(H,15,19)/t11-/m1/s1. The summed E-state index contributed by atoms with van der Waals surface area (Å²) < 4.78 is 12.5. The molecule has 112 valence electrons. The fourth-order valence-corrected chi connectivity index (χ4v) is 2.35. The highest BCUT2D eigenvalue weighted by atomic mass is 16.5. The Bertz CT molecular complexity index is 613. The highest BCUT2D eigenvalue weighted by Crippen LogP contribution is 2.26. The van der Waals surface area contributed by atoms with Crippen molar-refractivity contribution in [2.75, 3.05) is 13.2 Å². The van der Waals surface area contributed by atoms with Gasteiger partial charge < -0.3 is 19.1 Å². The monoisotopic (exact) mass is 290 g/mol. The van der Waals surface area contributed by atoms with E-state index in [4.69, 9.17) is 9.26 Å². The summed E-state index contributed by atoms with van der Waals surface area (Å²) in [5.74, 6) is 1.02. The van der Waals surface area contributed by atoms with E-state index in [9.17, 15) is 4.79 Å². The lowest BCUT2D eigenvalue weighted by Crippen LogP contribution is -2.27. The van der Waals surface area contributed by atoms with Crippen LogP contribution in [0.25, 0.3) is 0 Å². The molecule has 0 saturated carbocycles. The third kappa shape index (κ3) is 3.13. The molecule has 0 radical (unpaired) electrons. The van der Waals surface area contributed by atoms with Crippen molar-refractivity contribution < 1.29 is 14.1 Å². The molecule has 2 aromatic heterocycles. The molecule has 0 aliphatic carbocycles. The summed E-state index contributed by atoms with van der Waals surface area (Å²) in [7, 11) is 1.84. The van der Waals surface area contributed by atoms with Crippen LogP contribution in [0.5, 0.6) is 0 Å². The van der Waals surface area contributed by atoms with Gasteiger partial charge in [-0.3, -0.25) is 4.79 Å². The van der Waals surface area contributed by atoms with Crippen molar-refractivity contribution in [1.29, 1.82) is 0 Å². The molecular formula is C14H18N4O3. The highest BCUT2D eigenvalue weighted by Gasteiger charge is 2.23. The first-order chi connectivity index (χ1) is 10.2. The number of aryl methyl sites for hydroxylation is 1. The van der Waals surface area contributed by atoms with Crippen LogP contribution in [0.4, 0.5) is 0 Å². The summed E-state index contributed by atoms with van der Waals surface area (Å²) in [5.41, 5.74) is 0.628. The number of amides is 1. The predicted molar refractivity (Wildman–Crippen MR) is 73.7 cm³/mol. The summed E-state index contributed by atoms with van der Waals surface area (Å²) in [5, 5.41) is 6.76. The Balaban J connectivity index is 1.49. The van der Waals surface area contributed by atoms with Gasteiger partial charge >= 0.3 is 0 Å². The Labute approximate surface area is 122 Å². The zero-order valence-electron chi connectivity index (χ0n) is 11.9. The van der Waals surface area contributed by atoms with Gasteiger partial charge in [0.05, 0.1) is 0 Å². The summed E-state index contributed by atoms with van der Waals surface area (Å²) in [6.07, 6.45) is 4.25. The van der Waals surface area contributed by atoms with Crippen molar-refractivity contribution in [2.45, 2.75) is 25.4 Å². The molecule has 3 heterocycles. The molecule has 0 unspecified atom stereocenters. The predicted octanol–water partition coefficient (Wildman–Crippen LogP) is 1.23. The van der Waals surface area contributed by atoms with Gasteiger partial charge in [0.25, 0.3) is 11.8 Å². The lowest BCUT2D eigenvalue weighted by Gasteiger charge is -2.04. The lowest BCUT2D eigenvalue weighted by molar-refractivity contribution is 0.0835. The first-order valence-corrected chi connectivity index (χ1v) is 7.07. The molecule has 0 bridgehead atoms. The minimum absolute atomic E-state index is 0.0655. The molecule has 1 N–H and O–H groups in total. The van der Waals surface area contributed by atoms with Crippen molar-refractivity contribution in [3.05, 3.63) is 35.7 Å². The molecule has 7 heteroatoms. The number of carbonyl (C=O) groups excluding carboxylic acids is 1. The van der Waals surface area contributed by atoms with E-state index in [1.807, 2.05) is 19.3 Å². The second-order valence-corrected chi connectivity index (χ2v) is 5.06. The average Bonchev–Trinajstić information content (AvgIpc) is 3.19. The number of hydrogen-bond donors (Lipinski definition) is 1. The van der Waals surface area contributed by atoms with Gasteiger partial charge in [0.1, 0.15) is 11.8 Å². The van der Waals surface area contributed by atoms with Gasteiger partial charge in [-0.25, -0.2) is 0 Å². The molecule has 1 aliphatic rings. The molecule has 7 nitrogen and oxygen atoms in total. The van der Waals surface area contributed by atoms with Crippen LogP contribution in [0.2, 0.25) is 0 Å². The maximum atomic E-state index is 11.9. The normalized spacial score (nSPS) is 18.0. The number of ether oxygens (including phenoxy) is 1. The summed E-state index contributed by atoms with van der Waals surface area (Å²) >= 11 is 0. The molecule has 1 saturated heterocycles. The molecular weight excluding hydrogens is 272 g/mol. The molecule has 0 aromatic carbocycles. The van der Waals surface area contributed by atoms with Gasteiger partial charge in [-0.2, -0.15) is 4.98 Å². The van der Waals surface area contributed by atoms with E-state index in [-0.39, 0.29) is 12.0 Å². The number of hydrogen-bond acceptors (Lipinski definition) is 5. The molecule has 1 amide bonds. The van der Waals surface area contributed by atoms with Gasteiger partial charge in [-0.1, -0.05) is 5.16 Å². The maximum absolute atomic E-state index is 11.9. The van der Waals surface area contributed by atoms with Crippen LogP contribution < -0.4 is 5.32 Å². The van der Waals surface area contributed by atoms with E-state index in [2.05, 4.69) is 15.5 Å². The van der Waals surface area contributed by atoms with Crippen LogP contribution in [-0.2, 0) is 18.2 Å². The van der Waals surface area contributed by atoms with Crippen molar-refractivity contribution in [2.24, 2.45) is 7.05 Å². The Morgan fingerprint density at radius 3 is 3.19 bits per heavy atom. The number of nitrogens with one attached hydrogen (secondary N) is 1. The summed E-state index contributed by atoms with van der Waals surface area (Å²) in [6.45, 7) is 1.21. The first kappa shape index (κ1) is 13.8. The summed E-state index contributed by atoms with van der Waals surface area (Å²) in [4.78, 5) is 16.2.